The third-order valence-corrected chi connectivity index (χ3v) is 4.60. The van der Waals surface area contributed by atoms with Crippen molar-refractivity contribution in [3.8, 4) is 5.75 Å². The van der Waals surface area contributed by atoms with Crippen molar-refractivity contribution in [2.75, 3.05) is 5.32 Å². The fraction of sp³-hybridized carbons (Fsp3) is 0.182. The average molecular weight is 396 g/mol. The first-order valence-electron chi connectivity index (χ1n) is 8.52. The molecule has 0 fully saturated rings. The highest BCUT2D eigenvalue weighted by atomic mass is 79.9. The molecule has 128 valence electrons. The Bertz CT molecular complexity index is 797. The lowest BCUT2D eigenvalue weighted by atomic mass is 10.1. The first-order valence-corrected chi connectivity index (χ1v) is 9.31. The van der Waals surface area contributed by atoms with Crippen LogP contribution in [0.2, 0.25) is 0 Å². The summed E-state index contributed by atoms with van der Waals surface area (Å²) in [5, 5.41) is 3.46. The highest BCUT2D eigenvalue weighted by Crippen LogP contribution is 2.18. The van der Waals surface area contributed by atoms with E-state index in [4.69, 9.17) is 4.74 Å². The van der Waals surface area contributed by atoms with E-state index < -0.39 is 0 Å². The molecule has 3 heteroatoms. The van der Waals surface area contributed by atoms with E-state index in [0.717, 1.165) is 34.4 Å². The summed E-state index contributed by atoms with van der Waals surface area (Å²) in [5.74, 6) is 0.892. The molecule has 0 aromatic heterocycles. The maximum Gasteiger partial charge on any atom is 0.120 e. The molecule has 0 radical (unpaired) electrons. The van der Waals surface area contributed by atoms with Gasteiger partial charge in [0.2, 0.25) is 0 Å². The second-order valence-corrected chi connectivity index (χ2v) is 6.88. The number of hydrogen-bond acceptors (Lipinski definition) is 2. The Morgan fingerprint density at radius 3 is 2.28 bits per heavy atom. The molecule has 0 aliphatic rings. The summed E-state index contributed by atoms with van der Waals surface area (Å²) < 4.78 is 6.99. The molecule has 0 bridgehead atoms. The van der Waals surface area contributed by atoms with E-state index in [0.29, 0.717) is 6.61 Å². The Morgan fingerprint density at radius 2 is 1.56 bits per heavy atom. The Hall–Kier alpha value is -2.26. The Morgan fingerprint density at radius 1 is 0.840 bits per heavy atom. The first kappa shape index (κ1) is 17.6. The first-order chi connectivity index (χ1) is 12.2. The zero-order valence-corrected chi connectivity index (χ0v) is 15.9. The van der Waals surface area contributed by atoms with Crippen molar-refractivity contribution in [1.82, 2.24) is 0 Å². The van der Waals surface area contributed by atoms with Crippen LogP contribution >= 0.6 is 15.9 Å². The molecule has 0 aliphatic heterocycles. The number of ether oxygens (including phenoxy) is 1. The molecule has 25 heavy (non-hydrogen) atoms. The van der Waals surface area contributed by atoms with Crippen molar-refractivity contribution in [2.45, 2.75) is 26.5 Å². The van der Waals surface area contributed by atoms with Crippen molar-refractivity contribution < 1.29 is 4.74 Å². The Labute approximate surface area is 158 Å². The summed E-state index contributed by atoms with van der Waals surface area (Å²) in [6.45, 7) is 3.52. The fourth-order valence-corrected chi connectivity index (χ4v) is 2.82. The second-order valence-electron chi connectivity index (χ2n) is 5.97. The number of halogens is 1. The maximum atomic E-state index is 5.91. The average Bonchev–Trinajstić information content (AvgIpc) is 2.67. The van der Waals surface area contributed by atoms with Gasteiger partial charge in [0, 0.05) is 16.7 Å². The van der Waals surface area contributed by atoms with E-state index in [1.165, 1.54) is 11.1 Å². The molecule has 0 heterocycles. The van der Waals surface area contributed by atoms with Gasteiger partial charge in [0.25, 0.3) is 0 Å². The summed E-state index contributed by atoms with van der Waals surface area (Å²) in [4.78, 5) is 0. The van der Waals surface area contributed by atoms with E-state index in [9.17, 15) is 0 Å². The standard InChI is InChI=1S/C22H22BrNO/c1-2-17-8-12-21(13-9-17)24-15-19-4-3-5-22(14-19)25-16-18-6-10-20(23)11-7-18/h3-14,24H,2,15-16H2,1H3. The van der Waals surface area contributed by atoms with E-state index in [1.54, 1.807) is 0 Å². The molecule has 0 aliphatic carbocycles. The molecular formula is C22H22BrNO. The molecule has 3 aromatic carbocycles. The molecule has 3 aromatic rings. The minimum absolute atomic E-state index is 0.572. The van der Waals surface area contributed by atoms with Crippen LogP contribution in [-0.2, 0) is 19.6 Å². The van der Waals surface area contributed by atoms with Crippen LogP contribution in [0.4, 0.5) is 5.69 Å². The minimum atomic E-state index is 0.572. The SMILES string of the molecule is CCc1ccc(NCc2cccc(OCc3ccc(Br)cc3)c2)cc1. The monoisotopic (exact) mass is 395 g/mol. The minimum Gasteiger partial charge on any atom is -0.489 e. The second kappa shape index (κ2) is 8.72. The van der Waals surface area contributed by atoms with Gasteiger partial charge in [-0.25, -0.2) is 0 Å². The van der Waals surface area contributed by atoms with Crippen LogP contribution < -0.4 is 10.1 Å². The molecule has 0 saturated carbocycles. The molecule has 0 amide bonds. The zero-order chi connectivity index (χ0) is 17.5. The lowest BCUT2D eigenvalue weighted by molar-refractivity contribution is 0.306. The van der Waals surface area contributed by atoms with Crippen LogP contribution in [-0.4, -0.2) is 0 Å². The quantitative estimate of drug-likeness (QED) is 0.513. The molecule has 3 rings (SSSR count). The van der Waals surface area contributed by atoms with Crippen molar-refractivity contribution in [3.63, 3.8) is 0 Å². The number of hydrogen-bond donors (Lipinski definition) is 1. The van der Waals surface area contributed by atoms with Gasteiger partial charge in [-0.3, -0.25) is 0 Å². The number of aryl methyl sites for hydroxylation is 1. The van der Waals surface area contributed by atoms with Crippen LogP contribution in [0.5, 0.6) is 5.75 Å². The Balaban J connectivity index is 1.56. The number of benzene rings is 3. The molecule has 0 atom stereocenters. The van der Waals surface area contributed by atoms with Crippen LogP contribution in [0.1, 0.15) is 23.6 Å². The number of nitrogens with one attached hydrogen (secondary N) is 1. The Kier molecular flexibility index (Phi) is 6.13. The predicted octanol–water partition coefficient (Wildman–Crippen LogP) is 6.20. The van der Waals surface area contributed by atoms with Crippen molar-refractivity contribution in [1.29, 1.82) is 0 Å². The van der Waals surface area contributed by atoms with Gasteiger partial charge < -0.3 is 10.1 Å². The van der Waals surface area contributed by atoms with Gasteiger partial charge in [0.1, 0.15) is 12.4 Å². The highest BCUT2D eigenvalue weighted by Gasteiger charge is 2.00. The normalized spacial score (nSPS) is 10.5. The van der Waals surface area contributed by atoms with E-state index in [2.05, 4.69) is 76.7 Å². The molecule has 1 N–H and O–H groups in total. The van der Waals surface area contributed by atoms with Gasteiger partial charge in [0.15, 0.2) is 0 Å². The van der Waals surface area contributed by atoms with Gasteiger partial charge in [0.05, 0.1) is 0 Å². The largest absolute Gasteiger partial charge is 0.489 e. The van der Waals surface area contributed by atoms with Crippen LogP contribution in [0.25, 0.3) is 0 Å². The van der Waals surface area contributed by atoms with Gasteiger partial charge in [-0.15, -0.1) is 0 Å². The van der Waals surface area contributed by atoms with Crippen LogP contribution in [0.3, 0.4) is 0 Å². The lowest BCUT2D eigenvalue weighted by Crippen LogP contribution is -2.00. The van der Waals surface area contributed by atoms with Crippen molar-refractivity contribution >= 4 is 21.6 Å². The molecule has 0 unspecified atom stereocenters. The van der Waals surface area contributed by atoms with Crippen LogP contribution in [0, 0.1) is 0 Å². The molecule has 0 spiro atoms. The summed E-state index contributed by atoms with van der Waals surface area (Å²) in [6.07, 6.45) is 1.07. The molecular weight excluding hydrogens is 374 g/mol. The summed E-state index contributed by atoms with van der Waals surface area (Å²) in [6, 6.07) is 25.0. The topological polar surface area (TPSA) is 21.3 Å². The van der Waals surface area contributed by atoms with E-state index in [-0.39, 0.29) is 0 Å². The maximum absolute atomic E-state index is 5.91. The summed E-state index contributed by atoms with van der Waals surface area (Å²) in [5.41, 5.74) is 4.85. The van der Waals surface area contributed by atoms with Crippen LogP contribution in [0.15, 0.2) is 77.3 Å². The third-order valence-electron chi connectivity index (χ3n) is 4.08. The number of anilines is 1. The van der Waals surface area contributed by atoms with Gasteiger partial charge in [-0.1, -0.05) is 59.3 Å². The molecule has 2 nitrogen and oxygen atoms in total. The van der Waals surface area contributed by atoms with E-state index >= 15 is 0 Å². The van der Waals surface area contributed by atoms with Crippen molar-refractivity contribution in [2.24, 2.45) is 0 Å². The summed E-state index contributed by atoms with van der Waals surface area (Å²) >= 11 is 3.45. The zero-order valence-electron chi connectivity index (χ0n) is 14.3. The molecule has 0 saturated heterocycles. The smallest absolute Gasteiger partial charge is 0.120 e. The highest BCUT2D eigenvalue weighted by molar-refractivity contribution is 9.10. The number of rotatable bonds is 7. The lowest BCUT2D eigenvalue weighted by Gasteiger charge is -2.10. The fourth-order valence-electron chi connectivity index (χ4n) is 2.55. The van der Waals surface area contributed by atoms with E-state index in [1.807, 2.05) is 24.3 Å². The predicted molar refractivity (Wildman–Crippen MR) is 108 cm³/mol. The van der Waals surface area contributed by atoms with Gasteiger partial charge >= 0.3 is 0 Å². The third kappa shape index (κ3) is 5.36. The van der Waals surface area contributed by atoms with Crippen molar-refractivity contribution in [3.05, 3.63) is 94.0 Å². The van der Waals surface area contributed by atoms with Gasteiger partial charge in [-0.2, -0.15) is 0 Å². The summed E-state index contributed by atoms with van der Waals surface area (Å²) in [7, 11) is 0. The van der Waals surface area contributed by atoms with Gasteiger partial charge in [-0.05, 0) is 59.5 Å².